The van der Waals surface area contributed by atoms with E-state index in [1.54, 1.807) is 12.1 Å². The van der Waals surface area contributed by atoms with Crippen molar-refractivity contribution in [3.8, 4) is 0 Å². The molecule has 1 saturated heterocycles. The number of aliphatic hydroxyl groups excluding tert-OH is 3. The third kappa shape index (κ3) is 4.87. The van der Waals surface area contributed by atoms with Crippen LogP contribution in [0.2, 0.25) is 0 Å². The lowest BCUT2D eigenvalue weighted by atomic mass is 9.97. The molecule has 0 saturated carbocycles. The van der Waals surface area contributed by atoms with Crippen molar-refractivity contribution in [3.63, 3.8) is 0 Å². The molecule has 1 heterocycles. The largest absolute Gasteiger partial charge is 0.456 e. The van der Waals surface area contributed by atoms with Crippen LogP contribution >= 0.6 is 12.6 Å². The first-order valence-corrected chi connectivity index (χ1v) is 8.38. The van der Waals surface area contributed by atoms with Crippen molar-refractivity contribution in [2.45, 2.75) is 36.4 Å². The molecule has 0 spiro atoms. The minimum atomic E-state index is -1.33. The average molecular weight is 385 g/mol. The molecule has 26 heavy (non-hydrogen) atoms. The van der Waals surface area contributed by atoms with Crippen LogP contribution in [0.3, 0.4) is 0 Å². The number of carbonyl (C=O) groups excluding carboxylic acids is 1. The highest BCUT2D eigenvalue weighted by molar-refractivity contribution is 7.80. The Balaban J connectivity index is 2.02. The van der Waals surface area contributed by atoms with Gasteiger partial charge in [0, 0.05) is 6.20 Å². The van der Waals surface area contributed by atoms with Gasteiger partial charge in [-0.2, -0.15) is 0 Å². The Kier molecular flexibility index (Phi) is 7.26. The molecule has 9 nitrogen and oxygen atoms in total. The van der Waals surface area contributed by atoms with Gasteiger partial charge in [-0.3, -0.25) is 0 Å². The van der Waals surface area contributed by atoms with Gasteiger partial charge < -0.3 is 35.5 Å². The van der Waals surface area contributed by atoms with E-state index in [-0.39, 0.29) is 12.3 Å². The molecule has 1 fully saturated rings. The van der Waals surface area contributed by atoms with E-state index in [1.165, 1.54) is 0 Å². The summed E-state index contributed by atoms with van der Waals surface area (Å²) in [6, 6.07) is 7.94. The third-order valence-corrected chi connectivity index (χ3v) is 4.38. The molecule has 3 unspecified atom stereocenters. The number of thiol groups is 1. The molecule has 0 aromatic heterocycles. The number of rotatable bonds is 6. The fraction of sp³-hybridized carbons (Fsp3) is 0.438. The molecular formula is C16H23N3O6S. The molecule has 1 aromatic carbocycles. The highest BCUT2D eigenvalue weighted by Crippen LogP contribution is 2.26. The minimum Gasteiger partial charge on any atom is -0.456 e. The van der Waals surface area contributed by atoms with Crippen LogP contribution in [0.1, 0.15) is 5.56 Å². The fourth-order valence-electron chi connectivity index (χ4n) is 2.54. The standard InChI is InChI=1S/C16H23N3O6S/c17-10(15(23)24-8-9-4-2-1-3-5-9)6-19(18)12-13(21)11(7-20)25-16(26)14(12)22/h1-6,11-14,16,20-22,26H,7-8,17-18H2/b10-6-/t11?,12?,13-,14?,16-/m0/s1. The lowest BCUT2D eigenvalue weighted by Crippen LogP contribution is -2.64. The Morgan fingerprint density at radius 2 is 1.96 bits per heavy atom. The summed E-state index contributed by atoms with van der Waals surface area (Å²) in [6.07, 6.45) is -2.56. The lowest BCUT2D eigenvalue weighted by molar-refractivity contribution is -0.183. The van der Waals surface area contributed by atoms with E-state index in [4.69, 9.17) is 21.1 Å². The highest BCUT2D eigenvalue weighted by atomic mass is 32.1. The molecule has 7 N–H and O–H groups in total. The van der Waals surface area contributed by atoms with Gasteiger partial charge in [0.1, 0.15) is 42.1 Å². The van der Waals surface area contributed by atoms with E-state index in [0.29, 0.717) is 0 Å². The smallest absolute Gasteiger partial charge is 0.356 e. The molecule has 0 bridgehead atoms. The molecule has 0 aliphatic carbocycles. The number of hydrazine groups is 1. The van der Waals surface area contributed by atoms with Crippen LogP contribution in [0.15, 0.2) is 42.2 Å². The van der Waals surface area contributed by atoms with Gasteiger partial charge in [0.25, 0.3) is 0 Å². The van der Waals surface area contributed by atoms with Crippen molar-refractivity contribution in [3.05, 3.63) is 47.8 Å². The lowest BCUT2D eigenvalue weighted by Gasteiger charge is -2.43. The second-order valence-electron chi connectivity index (χ2n) is 5.81. The van der Waals surface area contributed by atoms with Gasteiger partial charge in [0.2, 0.25) is 0 Å². The Labute approximate surface area is 156 Å². The fourth-order valence-corrected chi connectivity index (χ4v) is 2.87. The Morgan fingerprint density at radius 3 is 2.58 bits per heavy atom. The van der Waals surface area contributed by atoms with Crippen LogP contribution in [-0.2, 0) is 20.9 Å². The first kappa shape index (κ1) is 20.5. The third-order valence-electron chi connectivity index (χ3n) is 3.95. The van der Waals surface area contributed by atoms with E-state index in [9.17, 15) is 20.1 Å². The number of aliphatic hydroxyl groups is 3. The predicted molar refractivity (Wildman–Crippen MR) is 95.1 cm³/mol. The predicted octanol–water partition coefficient (Wildman–Crippen LogP) is -1.56. The normalized spacial score (nSPS) is 29.3. The summed E-state index contributed by atoms with van der Waals surface area (Å²) in [5.41, 5.74) is 5.18. The zero-order valence-electron chi connectivity index (χ0n) is 13.9. The number of nitrogens with two attached hydrogens (primary N) is 2. The van der Waals surface area contributed by atoms with Crippen molar-refractivity contribution in [2.24, 2.45) is 11.6 Å². The van der Waals surface area contributed by atoms with Crippen LogP contribution in [0.25, 0.3) is 0 Å². The van der Waals surface area contributed by atoms with Gasteiger partial charge in [-0.25, -0.2) is 10.6 Å². The number of nitrogens with zero attached hydrogens (tertiary/aromatic N) is 1. The SMILES string of the molecule is N/C(=C\N(N)C1C(O)[C@H](S)OC(CO)[C@@H]1O)C(=O)OCc1ccccc1. The monoisotopic (exact) mass is 385 g/mol. The van der Waals surface area contributed by atoms with Crippen LogP contribution in [-0.4, -0.2) is 62.7 Å². The zero-order chi connectivity index (χ0) is 19.3. The summed E-state index contributed by atoms with van der Waals surface area (Å²) in [4.78, 5) is 12.0. The van der Waals surface area contributed by atoms with Crippen molar-refractivity contribution in [2.75, 3.05) is 6.61 Å². The van der Waals surface area contributed by atoms with E-state index in [1.807, 2.05) is 18.2 Å². The summed E-state index contributed by atoms with van der Waals surface area (Å²) >= 11 is 4.05. The van der Waals surface area contributed by atoms with Crippen molar-refractivity contribution < 1.29 is 29.6 Å². The van der Waals surface area contributed by atoms with Crippen LogP contribution in [0, 0.1) is 0 Å². The summed E-state index contributed by atoms with van der Waals surface area (Å²) in [5, 5.41) is 30.5. The van der Waals surface area contributed by atoms with Crippen molar-refractivity contribution >= 4 is 18.6 Å². The second-order valence-corrected chi connectivity index (χ2v) is 6.32. The average Bonchev–Trinajstić information content (AvgIpc) is 2.63. The number of ether oxygens (including phenoxy) is 2. The topological polar surface area (TPSA) is 152 Å². The van der Waals surface area contributed by atoms with Crippen molar-refractivity contribution in [1.82, 2.24) is 5.01 Å². The van der Waals surface area contributed by atoms with Crippen LogP contribution < -0.4 is 11.6 Å². The molecular weight excluding hydrogens is 362 g/mol. The maximum atomic E-state index is 12.0. The van der Waals surface area contributed by atoms with Crippen LogP contribution in [0.5, 0.6) is 0 Å². The zero-order valence-corrected chi connectivity index (χ0v) is 14.8. The molecule has 1 aliphatic rings. The van der Waals surface area contributed by atoms with E-state index in [0.717, 1.165) is 16.8 Å². The number of carbonyl (C=O) groups is 1. The van der Waals surface area contributed by atoms with E-state index in [2.05, 4.69) is 12.6 Å². The Morgan fingerprint density at radius 1 is 1.31 bits per heavy atom. The maximum Gasteiger partial charge on any atom is 0.356 e. The molecule has 1 aromatic rings. The molecule has 10 heteroatoms. The molecule has 0 amide bonds. The highest BCUT2D eigenvalue weighted by Gasteiger charge is 2.45. The summed E-state index contributed by atoms with van der Waals surface area (Å²) in [7, 11) is 0. The minimum absolute atomic E-state index is 0.0343. The Bertz CT molecular complexity index is 632. The first-order valence-electron chi connectivity index (χ1n) is 7.87. The maximum absolute atomic E-state index is 12.0. The summed E-state index contributed by atoms with van der Waals surface area (Å²) in [6.45, 7) is -0.458. The van der Waals surface area contributed by atoms with Crippen LogP contribution in [0.4, 0.5) is 0 Å². The molecule has 1 aliphatic heterocycles. The van der Waals surface area contributed by atoms with Crippen molar-refractivity contribution in [1.29, 1.82) is 0 Å². The molecule has 144 valence electrons. The second kappa shape index (κ2) is 9.21. The number of benzene rings is 1. The quantitative estimate of drug-likeness (QED) is 0.112. The van der Waals surface area contributed by atoms with E-state index >= 15 is 0 Å². The van der Waals surface area contributed by atoms with Gasteiger partial charge in [-0.1, -0.05) is 30.3 Å². The number of hydrogen-bond acceptors (Lipinski definition) is 10. The Hall–Kier alpha value is -1.82. The molecule has 5 atom stereocenters. The first-order chi connectivity index (χ1) is 12.3. The van der Waals surface area contributed by atoms with E-state index < -0.39 is 42.4 Å². The van der Waals surface area contributed by atoms with Gasteiger partial charge in [0.05, 0.1) is 6.61 Å². The summed E-state index contributed by atoms with van der Waals surface area (Å²) in [5.74, 6) is 5.03. The van der Waals surface area contributed by atoms with Gasteiger partial charge in [-0.05, 0) is 5.56 Å². The number of esters is 1. The van der Waals surface area contributed by atoms with Gasteiger partial charge in [0.15, 0.2) is 0 Å². The molecule has 2 rings (SSSR count). The summed E-state index contributed by atoms with van der Waals surface area (Å²) < 4.78 is 10.2. The number of hydrogen-bond donors (Lipinski definition) is 6. The van der Waals surface area contributed by atoms with Gasteiger partial charge in [-0.15, -0.1) is 12.6 Å². The van der Waals surface area contributed by atoms with Gasteiger partial charge >= 0.3 is 5.97 Å². The molecule has 0 radical (unpaired) electrons.